The second kappa shape index (κ2) is 8.14. The topological polar surface area (TPSA) is 52.6 Å². The Balaban J connectivity index is 0. The van der Waals surface area contributed by atoms with Crippen LogP contribution in [0.4, 0.5) is 22.0 Å². The van der Waals surface area contributed by atoms with Gasteiger partial charge in [-0.15, -0.1) is 0 Å². The van der Waals surface area contributed by atoms with Gasteiger partial charge in [-0.1, -0.05) is 0 Å². The lowest BCUT2D eigenvalue weighted by Crippen LogP contribution is -2.40. The monoisotopic (exact) mass is 322 g/mol. The maximum absolute atomic E-state index is 12.1. The van der Waals surface area contributed by atoms with Crippen LogP contribution in [0.1, 0.15) is 34.6 Å². The average molecular weight is 322 g/mol. The van der Waals surface area contributed by atoms with Gasteiger partial charge in [0.15, 0.2) is 5.41 Å². The molecule has 0 heterocycles. The summed E-state index contributed by atoms with van der Waals surface area (Å²) in [6.07, 6.45) is -4.56. The molecule has 0 amide bonds. The van der Waals surface area contributed by atoms with Gasteiger partial charge >= 0.3 is 24.0 Å². The molecule has 0 radical (unpaired) electrons. The van der Waals surface area contributed by atoms with Crippen molar-refractivity contribution in [3.8, 4) is 0 Å². The number of carbonyl (C=O) groups is 2. The van der Waals surface area contributed by atoms with E-state index in [1.165, 1.54) is 13.8 Å². The van der Waals surface area contributed by atoms with Crippen LogP contribution in [0.25, 0.3) is 0 Å². The van der Waals surface area contributed by atoms with E-state index in [9.17, 15) is 31.5 Å². The van der Waals surface area contributed by atoms with Crippen molar-refractivity contribution in [2.75, 3.05) is 13.2 Å². The molecular formula is C12H19F5O4. The van der Waals surface area contributed by atoms with Crippen LogP contribution in [0.2, 0.25) is 0 Å². The number of ether oxygens (including phenoxy) is 2. The molecule has 0 aromatic carbocycles. The number of halogens is 5. The third kappa shape index (κ3) is 7.81. The number of rotatable bonds is 4. The van der Waals surface area contributed by atoms with Crippen LogP contribution in [-0.4, -0.2) is 37.3 Å². The second-order valence-electron chi connectivity index (χ2n) is 4.45. The van der Waals surface area contributed by atoms with Gasteiger partial charge in [-0.3, -0.25) is 4.79 Å². The third-order valence-corrected chi connectivity index (χ3v) is 2.13. The van der Waals surface area contributed by atoms with Crippen molar-refractivity contribution >= 4 is 11.9 Å². The predicted octanol–water partition coefficient (Wildman–Crippen LogP) is 3.34. The quantitative estimate of drug-likeness (QED) is 0.588. The fraction of sp³-hybridized carbons (Fsp3) is 0.833. The standard InChI is InChI=1S/C7H11F3O2.C5H8F2O2/c1-4-12-5(11)6(2,3)7(8,9)10;1-3-9-4(8)5(2,6)7/h4H2,1-3H3;3H2,1-2H3. The van der Waals surface area contributed by atoms with E-state index >= 15 is 0 Å². The number of carbonyl (C=O) groups excluding carboxylic acids is 2. The molecule has 9 heteroatoms. The van der Waals surface area contributed by atoms with Crippen LogP contribution in [0.5, 0.6) is 0 Å². The van der Waals surface area contributed by atoms with E-state index in [1.54, 1.807) is 0 Å². The Morgan fingerprint density at radius 2 is 1.14 bits per heavy atom. The SMILES string of the molecule is CCOC(=O)C(C)(C)C(F)(F)F.CCOC(=O)C(C)(F)F. The Hall–Kier alpha value is -1.41. The molecule has 0 aromatic heterocycles. The molecule has 0 saturated carbocycles. The minimum atomic E-state index is -4.56. The molecular weight excluding hydrogens is 303 g/mol. The Bertz CT molecular complexity index is 345. The second-order valence-corrected chi connectivity index (χ2v) is 4.45. The molecule has 21 heavy (non-hydrogen) atoms. The van der Waals surface area contributed by atoms with Crippen LogP contribution in [-0.2, 0) is 19.1 Å². The zero-order chi connectivity index (χ0) is 17.5. The van der Waals surface area contributed by atoms with E-state index in [-0.39, 0.29) is 13.2 Å². The van der Waals surface area contributed by atoms with Crippen molar-refractivity contribution < 1.29 is 41.0 Å². The van der Waals surface area contributed by atoms with Crippen molar-refractivity contribution in [1.82, 2.24) is 0 Å². The fourth-order valence-electron chi connectivity index (χ4n) is 0.685. The molecule has 0 N–H and O–H groups in total. The fourth-order valence-corrected chi connectivity index (χ4v) is 0.685. The summed E-state index contributed by atoms with van der Waals surface area (Å²) in [6, 6.07) is 0. The minimum Gasteiger partial charge on any atom is -0.465 e. The van der Waals surface area contributed by atoms with Crippen LogP contribution in [0.3, 0.4) is 0 Å². The van der Waals surface area contributed by atoms with Gasteiger partial charge in [0.2, 0.25) is 0 Å². The van der Waals surface area contributed by atoms with E-state index in [0.717, 1.165) is 13.8 Å². The van der Waals surface area contributed by atoms with E-state index < -0.39 is 29.5 Å². The predicted molar refractivity (Wildman–Crippen MR) is 63.7 cm³/mol. The maximum Gasteiger partial charge on any atom is 0.404 e. The molecule has 0 fully saturated rings. The number of hydrogen-bond acceptors (Lipinski definition) is 4. The van der Waals surface area contributed by atoms with E-state index in [1.807, 2.05) is 0 Å². The van der Waals surface area contributed by atoms with Gasteiger partial charge < -0.3 is 9.47 Å². The summed E-state index contributed by atoms with van der Waals surface area (Å²) in [5.74, 6) is -6.06. The van der Waals surface area contributed by atoms with E-state index in [4.69, 9.17) is 0 Å². The normalized spacial score (nSPS) is 12.1. The number of esters is 2. The van der Waals surface area contributed by atoms with Gasteiger partial charge in [-0.2, -0.15) is 22.0 Å². The Labute approximate surface area is 119 Å². The summed E-state index contributed by atoms with van der Waals surface area (Å²) in [6.45, 7) is 4.98. The molecule has 0 aliphatic rings. The van der Waals surface area contributed by atoms with Crippen molar-refractivity contribution in [3.63, 3.8) is 0 Å². The zero-order valence-corrected chi connectivity index (χ0v) is 12.4. The van der Waals surface area contributed by atoms with Crippen molar-refractivity contribution in [3.05, 3.63) is 0 Å². The zero-order valence-electron chi connectivity index (χ0n) is 12.4. The summed E-state index contributed by atoms with van der Waals surface area (Å²) in [4.78, 5) is 20.9. The first-order valence-corrected chi connectivity index (χ1v) is 6.00. The maximum atomic E-state index is 12.1. The largest absolute Gasteiger partial charge is 0.465 e. The summed E-state index contributed by atoms with van der Waals surface area (Å²) < 4.78 is 68.3. The average Bonchev–Trinajstić information content (AvgIpc) is 2.27. The first-order valence-electron chi connectivity index (χ1n) is 6.00. The van der Waals surface area contributed by atoms with Gasteiger partial charge in [0.25, 0.3) is 0 Å². The first-order chi connectivity index (χ1) is 9.21. The Morgan fingerprint density at radius 3 is 1.33 bits per heavy atom. The highest BCUT2D eigenvalue weighted by Gasteiger charge is 2.54. The van der Waals surface area contributed by atoms with Crippen LogP contribution in [0.15, 0.2) is 0 Å². The highest BCUT2D eigenvalue weighted by Crippen LogP contribution is 2.38. The van der Waals surface area contributed by atoms with Crippen molar-refractivity contribution in [1.29, 1.82) is 0 Å². The highest BCUT2D eigenvalue weighted by molar-refractivity contribution is 5.77. The summed E-state index contributed by atoms with van der Waals surface area (Å²) in [7, 11) is 0. The molecule has 126 valence electrons. The lowest BCUT2D eigenvalue weighted by molar-refractivity contribution is -0.224. The molecule has 0 unspecified atom stereocenters. The number of alkyl halides is 5. The molecule has 0 saturated heterocycles. The smallest absolute Gasteiger partial charge is 0.404 e. The van der Waals surface area contributed by atoms with E-state index in [2.05, 4.69) is 9.47 Å². The first kappa shape index (κ1) is 21.9. The lowest BCUT2D eigenvalue weighted by Gasteiger charge is -2.24. The Kier molecular flexibility index (Phi) is 8.48. The number of hydrogen-bond donors (Lipinski definition) is 0. The van der Waals surface area contributed by atoms with Gasteiger partial charge in [0.1, 0.15) is 0 Å². The molecule has 0 rings (SSSR count). The summed E-state index contributed by atoms with van der Waals surface area (Å²) >= 11 is 0. The molecule has 0 aliphatic carbocycles. The minimum absolute atomic E-state index is 0.0116. The molecule has 0 atom stereocenters. The van der Waals surface area contributed by atoms with Gasteiger partial charge in [0, 0.05) is 6.92 Å². The molecule has 0 spiro atoms. The van der Waals surface area contributed by atoms with Crippen LogP contribution in [0, 0.1) is 5.41 Å². The Morgan fingerprint density at radius 1 is 0.810 bits per heavy atom. The third-order valence-electron chi connectivity index (χ3n) is 2.13. The van der Waals surface area contributed by atoms with Gasteiger partial charge in [0.05, 0.1) is 13.2 Å². The van der Waals surface area contributed by atoms with E-state index in [0.29, 0.717) is 6.92 Å². The molecule has 0 aliphatic heterocycles. The van der Waals surface area contributed by atoms with Crippen molar-refractivity contribution in [2.45, 2.75) is 46.7 Å². The lowest BCUT2D eigenvalue weighted by atomic mass is 9.93. The molecule has 0 bridgehead atoms. The van der Waals surface area contributed by atoms with Crippen LogP contribution < -0.4 is 0 Å². The molecule has 0 aromatic rings. The van der Waals surface area contributed by atoms with Crippen LogP contribution >= 0.6 is 0 Å². The summed E-state index contributed by atoms with van der Waals surface area (Å²) in [5, 5.41) is 0. The van der Waals surface area contributed by atoms with Gasteiger partial charge in [-0.05, 0) is 27.7 Å². The highest BCUT2D eigenvalue weighted by atomic mass is 19.4. The van der Waals surface area contributed by atoms with Crippen molar-refractivity contribution in [2.24, 2.45) is 5.41 Å². The molecule has 4 nitrogen and oxygen atoms in total. The van der Waals surface area contributed by atoms with Gasteiger partial charge in [-0.25, -0.2) is 4.79 Å². The summed E-state index contributed by atoms with van der Waals surface area (Å²) in [5.41, 5.74) is -2.41.